The first-order chi connectivity index (χ1) is 13.9. The topological polar surface area (TPSA) is 98.2 Å². The molecular formula is C20H22BrN3O5. The molecule has 9 heteroatoms. The molecule has 154 valence electrons. The Balaban J connectivity index is 1.82. The Morgan fingerprint density at radius 3 is 2.45 bits per heavy atom. The van der Waals surface area contributed by atoms with E-state index in [-0.39, 0.29) is 18.9 Å². The maximum Gasteiger partial charge on any atom is 0.277 e. The molecule has 0 unspecified atom stereocenters. The number of nitrogens with zero attached hydrogens (tertiary/aromatic N) is 1. The average Bonchev–Trinajstić information content (AvgIpc) is 2.71. The molecule has 2 N–H and O–H groups in total. The standard InChI is InChI=1S/C20H22BrN3O5/c1-13(10-19(25)22-15-6-4-5-7-16(15)27-2)23-24-20(26)12-29-17-9-8-14(21)11-18(17)28-3/h4-9,11H,10,12H2,1-3H3,(H,22,25)(H,24,26)/b23-13-. The lowest BCUT2D eigenvalue weighted by molar-refractivity contribution is -0.123. The van der Waals surface area contributed by atoms with Gasteiger partial charge in [-0.2, -0.15) is 5.10 Å². The van der Waals surface area contributed by atoms with Crippen LogP contribution in [0.15, 0.2) is 52.0 Å². The van der Waals surface area contributed by atoms with E-state index >= 15 is 0 Å². The number of halogens is 1. The summed E-state index contributed by atoms with van der Waals surface area (Å²) in [5.41, 5.74) is 3.36. The van der Waals surface area contributed by atoms with E-state index < -0.39 is 5.91 Å². The van der Waals surface area contributed by atoms with Crippen LogP contribution in [0.2, 0.25) is 0 Å². The van der Waals surface area contributed by atoms with Crippen molar-refractivity contribution in [3.05, 3.63) is 46.9 Å². The fourth-order valence-corrected chi connectivity index (χ4v) is 2.65. The van der Waals surface area contributed by atoms with Gasteiger partial charge < -0.3 is 19.5 Å². The molecule has 0 atom stereocenters. The normalized spacial score (nSPS) is 10.8. The van der Waals surface area contributed by atoms with E-state index in [2.05, 4.69) is 31.8 Å². The molecule has 2 amide bonds. The monoisotopic (exact) mass is 463 g/mol. The zero-order chi connectivity index (χ0) is 21.2. The van der Waals surface area contributed by atoms with E-state index in [0.717, 1.165) is 4.47 Å². The lowest BCUT2D eigenvalue weighted by Crippen LogP contribution is -2.26. The molecule has 0 aromatic heterocycles. The first-order valence-corrected chi connectivity index (χ1v) is 9.43. The van der Waals surface area contributed by atoms with Crippen LogP contribution in [-0.2, 0) is 9.59 Å². The summed E-state index contributed by atoms with van der Waals surface area (Å²) in [6.45, 7) is 1.39. The number of para-hydroxylation sites is 2. The van der Waals surface area contributed by atoms with Crippen LogP contribution in [0.1, 0.15) is 13.3 Å². The minimum Gasteiger partial charge on any atom is -0.495 e. The van der Waals surface area contributed by atoms with Gasteiger partial charge in [-0.25, -0.2) is 5.43 Å². The van der Waals surface area contributed by atoms with Crippen molar-refractivity contribution in [2.24, 2.45) is 5.10 Å². The van der Waals surface area contributed by atoms with Crippen molar-refractivity contribution < 1.29 is 23.8 Å². The van der Waals surface area contributed by atoms with Crippen molar-refractivity contribution in [3.63, 3.8) is 0 Å². The Bertz CT molecular complexity index is 901. The summed E-state index contributed by atoms with van der Waals surface area (Å²) in [4.78, 5) is 24.1. The van der Waals surface area contributed by atoms with Gasteiger partial charge in [0.15, 0.2) is 18.1 Å². The van der Waals surface area contributed by atoms with Crippen LogP contribution in [0.25, 0.3) is 0 Å². The molecular weight excluding hydrogens is 442 g/mol. The molecule has 0 radical (unpaired) electrons. The molecule has 0 saturated carbocycles. The number of hydrogen-bond donors (Lipinski definition) is 2. The zero-order valence-electron chi connectivity index (χ0n) is 16.3. The summed E-state index contributed by atoms with van der Waals surface area (Å²) >= 11 is 3.33. The van der Waals surface area contributed by atoms with E-state index in [4.69, 9.17) is 14.2 Å². The summed E-state index contributed by atoms with van der Waals surface area (Å²) in [6.07, 6.45) is 0.0136. The molecule has 0 aliphatic rings. The molecule has 0 saturated heterocycles. The summed E-state index contributed by atoms with van der Waals surface area (Å²) in [5, 5.41) is 6.67. The first kappa shape index (κ1) is 22.2. The first-order valence-electron chi connectivity index (χ1n) is 8.64. The highest BCUT2D eigenvalue weighted by Crippen LogP contribution is 2.30. The van der Waals surface area contributed by atoms with Gasteiger partial charge in [-0.3, -0.25) is 9.59 Å². The number of ether oxygens (including phenoxy) is 3. The van der Waals surface area contributed by atoms with Crippen LogP contribution in [0.5, 0.6) is 17.2 Å². The molecule has 2 aromatic carbocycles. The second-order valence-electron chi connectivity index (χ2n) is 5.89. The van der Waals surface area contributed by atoms with Crippen molar-refractivity contribution in [1.82, 2.24) is 5.43 Å². The van der Waals surface area contributed by atoms with Gasteiger partial charge in [0.25, 0.3) is 5.91 Å². The highest BCUT2D eigenvalue weighted by Gasteiger charge is 2.10. The predicted octanol–water partition coefficient (Wildman–Crippen LogP) is 3.37. The smallest absolute Gasteiger partial charge is 0.277 e. The number of carbonyl (C=O) groups excluding carboxylic acids is 2. The third kappa shape index (κ3) is 7.11. The largest absolute Gasteiger partial charge is 0.495 e. The number of hydrogen-bond acceptors (Lipinski definition) is 6. The van der Waals surface area contributed by atoms with E-state index in [9.17, 15) is 9.59 Å². The average molecular weight is 464 g/mol. The Kier molecular flexibility index (Phi) is 8.47. The van der Waals surface area contributed by atoms with Crippen molar-refractivity contribution in [3.8, 4) is 17.2 Å². The van der Waals surface area contributed by atoms with Crippen LogP contribution in [0.3, 0.4) is 0 Å². The number of methoxy groups -OCH3 is 2. The molecule has 0 bridgehead atoms. The summed E-state index contributed by atoms with van der Waals surface area (Å²) in [6, 6.07) is 12.3. The molecule has 0 spiro atoms. The van der Waals surface area contributed by atoms with Gasteiger partial charge in [-0.1, -0.05) is 28.1 Å². The SMILES string of the molecule is COc1ccccc1NC(=O)C/C(C)=N\NC(=O)COc1ccc(Br)cc1OC. The lowest BCUT2D eigenvalue weighted by Gasteiger charge is -2.11. The molecule has 8 nitrogen and oxygen atoms in total. The molecule has 0 fully saturated rings. The summed E-state index contributed by atoms with van der Waals surface area (Å²) in [5.74, 6) is 0.757. The van der Waals surface area contributed by atoms with Crippen LogP contribution in [0.4, 0.5) is 5.69 Å². The van der Waals surface area contributed by atoms with Crippen LogP contribution >= 0.6 is 15.9 Å². The molecule has 0 aliphatic heterocycles. The van der Waals surface area contributed by atoms with E-state index in [1.807, 2.05) is 6.07 Å². The Morgan fingerprint density at radius 2 is 1.72 bits per heavy atom. The second kappa shape index (κ2) is 11.1. The van der Waals surface area contributed by atoms with Gasteiger partial charge in [0.2, 0.25) is 5.91 Å². The van der Waals surface area contributed by atoms with Gasteiger partial charge in [-0.15, -0.1) is 0 Å². The fourth-order valence-electron chi connectivity index (χ4n) is 2.31. The maximum atomic E-state index is 12.1. The minimum absolute atomic E-state index is 0.0136. The van der Waals surface area contributed by atoms with Gasteiger partial charge in [0.05, 0.1) is 26.3 Å². The van der Waals surface area contributed by atoms with Crippen molar-refractivity contribution in [2.75, 3.05) is 26.1 Å². The van der Waals surface area contributed by atoms with Gasteiger partial charge in [0, 0.05) is 10.2 Å². The Morgan fingerprint density at radius 1 is 1.00 bits per heavy atom. The molecule has 2 aromatic rings. The number of amides is 2. The third-order valence-electron chi connectivity index (χ3n) is 3.65. The molecule has 2 rings (SSSR count). The number of benzene rings is 2. The second-order valence-corrected chi connectivity index (χ2v) is 6.81. The number of anilines is 1. The van der Waals surface area contributed by atoms with E-state index in [1.54, 1.807) is 43.3 Å². The van der Waals surface area contributed by atoms with Crippen LogP contribution in [-0.4, -0.2) is 38.4 Å². The quantitative estimate of drug-likeness (QED) is 0.438. The van der Waals surface area contributed by atoms with Gasteiger partial charge in [0.1, 0.15) is 5.75 Å². The fraction of sp³-hybridized carbons (Fsp3) is 0.250. The summed E-state index contributed by atoms with van der Waals surface area (Å²) < 4.78 is 16.7. The lowest BCUT2D eigenvalue weighted by atomic mass is 10.2. The zero-order valence-corrected chi connectivity index (χ0v) is 17.9. The predicted molar refractivity (Wildman–Crippen MR) is 114 cm³/mol. The highest BCUT2D eigenvalue weighted by molar-refractivity contribution is 9.10. The molecule has 29 heavy (non-hydrogen) atoms. The highest BCUT2D eigenvalue weighted by atomic mass is 79.9. The molecule has 0 aliphatic carbocycles. The maximum absolute atomic E-state index is 12.1. The molecule has 0 heterocycles. The number of rotatable bonds is 9. The van der Waals surface area contributed by atoms with Crippen LogP contribution < -0.4 is 25.0 Å². The Hall–Kier alpha value is -3.07. The van der Waals surface area contributed by atoms with Gasteiger partial charge >= 0.3 is 0 Å². The number of nitrogens with one attached hydrogen (secondary N) is 2. The minimum atomic E-state index is -0.459. The summed E-state index contributed by atoms with van der Waals surface area (Å²) in [7, 11) is 3.04. The van der Waals surface area contributed by atoms with E-state index in [1.165, 1.54) is 14.2 Å². The van der Waals surface area contributed by atoms with Crippen LogP contribution in [0, 0.1) is 0 Å². The van der Waals surface area contributed by atoms with Crippen molar-refractivity contribution >= 4 is 39.1 Å². The number of carbonyl (C=O) groups is 2. The van der Waals surface area contributed by atoms with Gasteiger partial charge in [-0.05, 0) is 37.3 Å². The van der Waals surface area contributed by atoms with Crippen molar-refractivity contribution in [2.45, 2.75) is 13.3 Å². The van der Waals surface area contributed by atoms with Crippen molar-refractivity contribution in [1.29, 1.82) is 0 Å². The third-order valence-corrected chi connectivity index (χ3v) is 4.15. The Labute approximate surface area is 177 Å². The van der Waals surface area contributed by atoms with E-state index in [0.29, 0.717) is 28.6 Å². The number of hydrazone groups is 1.